The molecule has 0 fully saturated rings. The number of unbranched alkanes of at least 4 members (excludes halogenated alkanes) is 1. The monoisotopic (exact) mass is 187 g/mol. The molecule has 72 valence electrons. The molecule has 0 unspecified atom stereocenters. The van der Waals surface area contributed by atoms with Gasteiger partial charge >= 0.3 is 0 Å². The molecular formula is C12H13NO. The molecule has 1 rings (SSSR count). The van der Waals surface area contributed by atoms with Crippen molar-refractivity contribution in [3.8, 4) is 11.8 Å². The van der Waals surface area contributed by atoms with Crippen molar-refractivity contribution in [2.75, 3.05) is 6.61 Å². The number of ether oxygens (including phenoxy) is 1. The molecule has 0 atom stereocenters. The summed E-state index contributed by atoms with van der Waals surface area (Å²) in [5, 5.41) is 8.65. The van der Waals surface area contributed by atoms with E-state index >= 15 is 0 Å². The van der Waals surface area contributed by atoms with Gasteiger partial charge in [-0.1, -0.05) is 12.1 Å². The topological polar surface area (TPSA) is 33.0 Å². The first kappa shape index (κ1) is 10.3. The van der Waals surface area contributed by atoms with E-state index < -0.39 is 0 Å². The maximum atomic E-state index is 8.65. The summed E-state index contributed by atoms with van der Waals surface area (Å²) in [6.45, 7) is 4.30. The van der Waals surface area contributed by atoms with E-state index in [4.69, 9.17) is 10.00 Å². The Balaban J connectivity index is 2.43. The fourth-order valence-electron chi connectivity index (χ4n) is 1.07. The molecule has 0 N–H and O–H groups in total. The highest BCUT2D eigenvalue weighted by Gasteiger charge is 1.94. The average molecular weight is 187 g/mol. The van der Waals surface area contributed by atoms with Crippen LogP contribution in [-0.2, 0) is 0 Å². The summed E-state index contributed by atoms with van der Waals surface area (Å²) in [4.78, 5) is 0. The van der Waals surface area contributed by atoms with Crippen molar-refractivity contribution >= 4 is 0 Å². The zero-order chi connectivity index (χ0) is 10.2. The molecule has 1 aromatic rings. The molecule has 14 heavy (non-hydrogen) atoms. The van der Waals surface area contributed by atoms with Crippen LogP contribution in [0.15, 0.2) is 36.9 Å². The summed E-state index contributed by atoms with van der Waals surface area (Å²) in [6, 6.07) is 9.25. The summed E-state index contributed by atoms with van der Waals surface area (Å²) in [5.74, 6) is 0.758. The SMILES string of the molecule is C=CCCCOc1cccc(C#N)c1. The van der Waals surface area contributed by atoms with Gasteiger partial charge < -0.3 is 4.74 Å². The van der Waals surface area contributed by atoms with Gasteiger partial charge in [-0.2, -0.15) is 5.26 Å². The van der Waals surface area contributed by atoms with E-state index in [0.717, 1.165) is 18.6 Å². The third-order valence-corrected chi connectivity index (χ3v) is 1.78. The van der Waals surface area contributed by atoms with Gasteiger partial charge in [0.15, 0.2) is 0 Å². The van der Waals surface area contributed by atoms with Crippen molar-refractivity contribution in [1.82, 2.24) is 0 Å². The Bertz CT molecular complexity index is 338. The fourth-order valence-corrected chi connectivity index (χ4v) is 1.07. The number of benzene rings is 1. The van der Waals surface area contributed by atoms with E-state index in [1.165, 1.54) is 0 Å². The second-order valence-corrected chi connectivity index (χ2v) is 2.92. The summed E-state index contributed by atoms with van der Waals surface area (Å²) < 4.78 is 5.45. The quantitative estimate of drug-likeness (QED) is 0.524. The molecule has 0 saturated carbocycles. The first-order chi connectivity index (χ1) is 6.86. The molecule has 0 bridgehead atoms. The molecular weight excluding hydrogens is 174 g/mol. The van der Waals surface area contributed by atoms with Crippen LogP contribution in [0.5, 0.6) is 5.75 Å². The maximum absolute atomic E-state index is 8.65. The molecule has 0 heterocycles. The smallest absolute Gasteiger partial charge is 0.120 e. The van der Waals surface area contributed by atoms with Crippen molar-refractivity contribution < 1.29 is 4.74 Å². The lowest BCUT2D eigenvalue weighted by molar-refractivity contribution is 0.312. The summed E-state index contributed by atoms with van der Waals surface area (Å²) in [7, 11) is 0. The molecule has 0 saturated heterocycles. The first-order valence-electron chi connectivity index (χ1n) is 4.60. The predicted molar refractivity (Wildman–Crippen MR) is 56.1 cm³/mol. The van der Waals surface area contributed by atoms with Crippen molar-refractivity contribution in [2.24, 2.45) is 0 Å². The van der Waals surface area contributed by atoms with Gasteiger partial charge in [0, 0.05) is 0 Å². The van der Waals surface area contributed by atoms with E-state index in [0.29, 0.717) is 12.2 Å². The standard InChI is InChI=1S/C12H13NO/c1-2-3-4-8-14-12-7-5-6-11(9-12)10-13/h2,5-7,9H,1,3-4,8H2. The molecule has 0 aromatic heterocycles. The van der Waals surface area contributed by atoms with E-state index in [2.05, 4.69) is 12.6 Å². The van der Waals surface area contributed by atoms with E-state index in [9.17, 15) is 0 Å². The van der Waals surface area contributed by atoms with Crippen LogP contribution in [-0.4, -0.2) is 6.61 Å². The molecule has 0 radical (unpaired) electrons. The Morgan fingerprint density at radius 3 is 3.07 bits per heavy atom. The van der Waals surface area contributed by atoms with Gasteiger partial charge in [-0.05, 0) is 31.0 Å². The number of hydrogen-bond donors (Lipinski definition) is 0. The average Bonchev–Trinajstić information content (AvgIpc) is 2.25. The highest BCUT2D eigenvalue weighted by Crippen LogP contribution is 2.12. The Hall–Kier alpha value is -1.75. The van der Waals surface area contributed by atoms with Gasteiger partial charge in [-0.25, -0.2) is 0 Å². The van der Waals surface area contributed by atoms with Crippen molar-refractivity contribution in [3.63, 3.8) is 0 Å². The molecule has 2 heteroatoms. The van der Waals surface area contributed by atoms with Gasteiger partial charge in [-0.3, -0.25) is 0 Å². The fraction of sp³-hybridized carbons (Fsp3) is 0.250. The molecule has 1 aromatic carbocycles. The highest BCUT2D eigenvalue weighted by atomic mass is 16.5. The molecule has 0 aliphatic heterocycles. The second kappa shape index (κ2) is 5.82. The zero-order valence-electron chi connectivity index (χ0n) is 8.07. The van der Waals surface area contributed by atoms with Gasteiger partial charge in [-0.15, -0.1) is 6.58 Å². The van der Waals surface area contributed by atoms with Crippen molar-refractivity contribution in [3.05, 3.63) is 42.5 Å². The van der Waals surface area contributed by atoms with Crippen molar-refractivity contribution in [2.45, 2.75) is 12.8 Å². The molecule has 0 spiro atoms. The zero-order valence-corrected chi connectivity index (χ0v) is 8.07. The molecule has 0 amide bonds. The van der Waals surface area contributed by atoms with Gasteiger partial charge in [0.1, 0.15) is 5.75 Å². The summed E-state index contributed by atoms with van der Waals surface area (Å²) in [5.41, 5.74) is 0.631. The molecule has 0 aliphatic rings. The lowest BCUT2D eigenvalue weighted by Crippen LogP contribution is -1.96. The van der Waals surface area contributed by atoms with E-state index in [1.807, 2.05) is 18.2 Å². The Morgan fingerprint density at radius 2 is 2.36 bits per heavy atom. The normalized spacial score (nSPS) is 9.07. The number of nitriles is 1. The number of hydrogen-bond acceptors (Lipinski definition) is 2. The van der Waals surface area contributed by atoms with Crippen LogP contribution in [0.1, 0.15) is 18.4 Å². The van der Waals surface area contributed by atoms with Crippen LogP contribution in [0.25, 0.3) is 0 Å². The Kier molecular flexibility index (Phi) is 4.30. The van der Waals surface area contributed by atoms with E-state index in [1.54, 1.807) is 12.1 Å². The third kappa shape index (κ3) is 3.32. The first-order valence-corrected chi connectivity index (χ1v) is 4.60. The van der Waals surface area contributed by atoms with Crippen molar-refractivity contribution in [1.29, 1.82) is 5.26 Å². The van der Waals surface area contributed by atoms with Crippen LogP contribution in [0.4, 0.5) is 0 Å². The number of allylic oxidation sites excluding steroid dienone is 1. The van der Waals surface area contributed by atoms with Crippen LogP contribution < -0.4 is 4.74 Å². The minimum Gasteiger partial charge on any atom is -0.494 e. The lowest BCUT2D eigenvalue weighted by atomic mass is 10.2. The molecule has 0 aliphatic carbocycles. The largest absolute Gasteiger partial charge is 0.494 e. The van der Waals surface area contributed by atoms with Crippen LogP contribution in [0.2, 0.25) is 0 Å². The minimum absolute atomic E-state index is 0.631. The minimum atomic E-state index is 0.631. The Morgan fingerprint density at radius 1 is 1.50 bits per heavy atom. The van der Waals surface area contributed by atoms with E-state index in [-0.39, 0.29) is 0 Å². The highest BCUT2D eigenvalue weighted by molar-refractivity contribution is 5.36. The Labute approximate surface area is 84.4 Å². The number of rotatable bonds is 5. The van der Waals surface area contributed by atoms with Crippen LogP contribution >= 0.6 is 0 Å². The summed E-state index contributed by atoms with van der Waals surface area (Å²) in [6.07, 6.45) is 3.79. The predicted octanol–water partition coefficient (Wildman–Crippen LogP) is 2.90. The second-order valence-electron chi connectivity index (χ2n) is 2.92. The van der Waals surface area contributed by atoms with Crippen LogP contribution in [0, 0.1) is 11.3 Å². The number of nitrogens with zero attached hydrogens (tertiary/aromatic N) is 1. The van der Waals surface area contributed by atoms with Gasteiger partial charge in [0.25, 0.3) is 0 Å². The van der Waals surface area contributed by atoms with Gasteiger partial charge in [0.05, 0.1) is 18.2 Å². The third-order valence-electron chi connectivity index (χ3n) is 1.78. The van der Waals surface area contributed by atoms with Gasteiger partial charge in [0.2, 0.25) is 0 Å². The molecule has 2 nitrogen and oxygen atoms in total. The lowest BCUT2D eigenvalue weighted by Gasteiger charge is -2.04. The van der Waals surface area contributed by atoms with Crippen LogP contribution in [0.3, 0.4) is 0 Å². The maximum Gasteiger partial charge on any atom is 0.120 e. The summed E-state index contributed by atoms with van der Waals surface area (Å²) >= 11 is 0.